The summed E-state index contributed by atoms with van der Waals surface area (Å²) >= 11 is 0. The minimum atomic E-state index is -0.817. The summed E-state index contributed by atoms with van der Waals surface area (Å²) in [4.78, 5) is 24.5. The maximum absolute atomic E-state index is 11.6. The van der Waals surface area contributed by atoms with Crippen LogP contribution in [-0.4, -0.2) is 44.1 Å². The van der Waals surface area contributed by atoms with E-state index in [1.807, 2.05) is 18.2 Å². The van der Waals surface area contributed by atoms with E-state index in [2.05, 4.69) is 10.2 Å². The highest BCUT2D eigenvalue weighted by Crippen LogP contribution is 2.38. The summed E-state index contributed by atoms with van der Waals surface area (Å²) in [6.45, 7) is 1.46. The van der Waals surface area contributed by atoms with Gasteiger partial charge in [0.2, 0.25) is 5.91 Å². The third-order valence-corrected chi connectivity index (χ3v) is 4.05. The van der Waals surface area contributed by atoms with Gasteiger partial charge in [0.15, 0.2) is 0 Å². The van der Waals surface area contributed by atoms with E-state index >= 15 is 0 Å². The van der Waals surface area contributed by atoms with Gasteiger partial charge in [0.25, 0.3) is 0 Å². The molecule has 1 aromatic rings. The molecule has 1 aliphatic heterocycles. The van der Waals surface area contributed by atoms with Crippen LogP contribution in [0.2, 0.25) is 0 Å². The molecule has 0 spiro atoms. The maximum Gasteiger partial charge on any atom is 0.318 e. The fraction of sp³-hybridized carbons (Fsp3) is 0.500. The van der Waals surface area contributed by atoms with Crippen molar-refractivity contribution >= 4 is 11.9 Å². The largest absolute Gasteiger partial charge is 0.497 e. The fourth-order valence-corrected chi connectivity index (χ4v) is 2.99. The fourth-order valence-electron chi connectivity index (χ4n) is 2.99. The van der Waals surface area contributed by atoms with Crippen LogP contribution in [0.5, 0.6) is 11.5 Å². The summed E-state index contributed by atoms with van der Waals surface area (Å²) < 4.78 is 10.8. The predicted molar refractivity (Wildman–Crippen MR) is 85.4 cm³/mol. The molecule has 2 rings (SSSR count). The third kappa shape index (κ3) is 4.35. The Kier molecular flexibility index (Phi) is 5.81. The van der Waals surface area contributed by atoms with Gasteiger partial charge in [0.1, 0.15) is 11.5 Å². The number of nitrogens with zero attached hydrogens (tertiary/aromatic N) is 1. The molecule has 1 aliphatic rings. The molecule has 7 nitrogen and oxygen atoms in total. The number of nitrogens with two attached hydrogens (primary N) is 1. The van der Waals surface area contributed by atoms with Gasteiger partial charge in [-0.1, -0.05) is 0 Å². The van der Waals surface area contributed by atoms with Gasteiger partial charge in [0.05, 0.1) is 14.2 Å². The Morgan fingerprint density at radius 1 is 1.35 bits per heavy atom. The normalized spacial score (nSPS) is 17.7. The zero-order chi connectivity index (χ0) is 16.8. The van der Waals surface area contributed by atoms with Crippen molar-refractivity contribution < 1.29 is 19.1 Å². The molecular formula is C16H23N3O4. The van der Waals surface area contributed by atoms with Gasteiger partial charge in [-0.25, -0.2) is 4.79 Å². The molecule has 0 saturated carbocycles. The number of hydrogen-bond acceptors (Lipinski definition) is 5. The highest BCUT2D eigenvalue weighted by molar-refractivity contribution is 5.93. The first kappa shape index (κ1) is 17.1. The van der Waals surface area contributed by atoms with Crippen LogP contribution in [-0.2, 0) is 4.79 Å². The number of amides is 3. The van der Waals surface area contributed by atoms with Crippen LogP contribution in [0.3, 0.4) is 0 Å². The molecule has 0 aromatic heterocycles. The zero-order valence-corrected chi connectivity index (χ0v) is 13.5. The lowest BCUT2D eigenvalue weighted by molar-refractivity contribution is -0.120. The van der Waals surface area contributed by atoms with E-state index in [0.29, 0.717) is 6.54 Å². The van der Waals surface area contributed by atoms with Gasteiger partial charge in [-0.2, -0.15) is 0 Å². The first-order valence-electron chi connectivity index (χ1n) is 7.60. The topological polar surface area (TPSA) is 93.9 Å². The van der Waals surface area contributed by atoms with E-state index in [-0.39, 0.29) is 18.4 Å². The van der Waals surface area contributed by atoms with Crippen LogP contribution in [0.15, 0.2) is 18.2 Å². The molecule has 3 N–H and O–H groups in total. The summed E-state index contributed by atoms with van der Waals surface area (Å²) in [5.41, 5.74) is 6.01. The van der Waals surface area contributed by atoms with Crippen LogP contribution in [0.1, 0.15) is 30.9 Å². The van der Waals surface area contributed by atoms with Crippen molar-refractivity contribution in [2.75, 3.05) is 27.3 Å². The second-order valence-corrected chi connectivity index (χ2v) is 5.46. The van der Waals surface area contributed by atoms with E-state index in [9.17, 15) is 9.59 Å². The van der Waals surface area contributed by atoms with Gasteiger partial charge >= 0.3 is 6.03 Å². The quantitative estimate of drug-likeness (QED) is 0.826. The van der Waals surface area contributed by atoms with Crippen molar-refractivity contribution in [3.63, 3.8) is 0 Å². The number of benzene rings is 1. The molecule has 7 heteroatoms. The Morgan fingerprint density at radius 3 is 2.78 bits per heavy atom. The minimum Gasteiger partial charge on any atom is -0.497 e. The number of hydrogen-bond donors (Lipinski definition) is 2. The number of rotatable bonds is 6. The molecule has 3 amide bonds. The predicted octanol–water partition coefficient (Wildman–Crippen LogP) is 1.43. The minimum absolute atomic E-state index is 0.168. The van der Waals surface area contributed by atoms with Gasteiger partial charge in [-0.3, -0.25) is 15.0 Å². The first-order chi connectivity index (χ1) is 11.0. The van der Waals surface area contributed by atoms with Crippen molar-refractivity contribution in [3.05, 3.63) is 23.8 Å². The summed E-state index contributed by atoms with van der Waals surface area (Å²) in [6.07, 6.45) is 2.26. The molecule has 1 heterocycles. The molecular weight excluding hydrogens is 298 g/mol. The van der Waals surface area contributed by atoms with Crippen LogP contribution in [0.25, 0.3) is 0 Å². The number of methoxy groups -OCH3 is 2. The molecule has 1 aromatic carbocycles. The van der Waals surface area contributed by atoms with Gasteiger partial charge in [0, 0.05) is 24.6 Å². The summed E-state index contributed by atoms with van der Waals surface area (Å²) in [5, 5.41) is 2.09. The van der Waals surface area contributed by atoms with Crippen LogP contribution < -0.4 is 20.5 Å². The average Bonchev–Trinajstić information content (AvgIpc) is 3.00. The molecule has 1 unspecified atom stereocenters. The highest BCUT2D eigenvalue weighted by atomic mass is 16.5. The second-order valence-electron chi connectivity index (χ2n) is 5.46. The van der Waals surface area contributed by atoms with Crippen LogP contribution in [0, 0.1) is 0 Å². The standard InChI is InChI=1S/C16H23N3O4/c1-22-11-5-6-14(23-2)12(10-11)13-4-3-8-19(13)9-7-15(20)18-16(17)21/h5-6,10,13H,3-4,7-9H2,1-2H3,(H3,17,18,20,21). The number of imide groups is 1. The Labute approximate surface area is 135 Å². The van der Waals surface area contributed by atoms with E-state index in [4.69, 9.17) is 15.2 Å². The number of carbonyl (C=O) groups excluding carboxylic acids is 2. The van der Waals surface area contributed by atoms with E-state index in [0.717, 1.165) is 36.4 Å². The Bertz CT molecular complexity index is 576. The lowest BCUT2D eigenvalue weighted by Gasteiger charge is -2.26. The summed E-state index contributed by atoms with van der Waals surface area (Å²) in [5.74, 6) is 1.23. The number of likely N-dealkylation sites (tertiary alicyclic amines) is 1. The zero-order valence-electron chi connectivity index (χ0n) is 13.5. The van der Waals surface area contributed by atoms with E-state index in [1.165, 1.54) is 0 Å². The van der Waals surface area contributed by atoms with Crippen LogP contribution in [0.4, 0.5) is 4.79 Å². The van der Waals surface area contributed by atoms with Crippen LogP contribution >= 0.6 is 0 Å². The Hall–Kier alpha value is -2.28. The monoisotopic (exact) mass is 321 g/mol. The molecule has 0 bridgehead atoms. The molecule has 0 radical (unpaired) electrons. The first-order valence-corrected chi connectivity index (χ1v) is 7.60. The number of carbonyl (C=O) groups is 2. The summed E-state index contributed by atoms with van der Waals surface area (Å²) in [7, 11) is 3.27. The van der Waals surface area contributed by atoms with Gasteiger partial charge in [-0.05, 0) is 37.6 Å². The molecule has 126 valence electrons. The lowest BCUT2D eigenvalue weighted by Crippen LogP contribution is -2.37. The van der Waals surface area contributed by atoms with Gasteiger partial charge in [-0.15, -0.1) is 0 Å². The smallest absolute Gasteiger partial charge is 0.318 e. The molecule has 0 aliphatic carbocycles. The van der Waals surface area contributed by atoms with Crippen molar-refractivity contribution in [3.8, 4) is 11.5 Å². The van der Waals surface area contributed by atoms with E-state index in [1.54, 1.807) is 14.2 Å². The SMILES string of the molecule is COc1ccc(OC)c(C2CCCN2CCC(=O)NC(N)=O)c1. The van der Waals surface area contributed by atoms with Gasteiger partial charge < -0.3 is 15.2 Å². The van der Waals surface area contributed by atoms with Crippen molar-refractivity contribution in [1.82, 2.24) is 10.2 Å². The molecule has 1 atom stereocenters. The highest BCUT2D eigenvalue weighted by Gasteiger charge is 2.28. The maximum atomic E-state index is 11.6. The molecule has 1 saturated heterocycles. The molecule has 23 heavy (non-hydrogen) atoms. The van der Waals surface area contributed by atoms with Crippen molar-refractivity contribution in [2.45, 2.75) is 25.3 Å². The lowest BCUT2D eigenvalue weighted by atomic mass is 10.0. The number of urea groups is 1. The number of nitrogens with one attached hydrogen (secondary N) is 1. The number of primary amides is 1. The average molecular weight is 321 g/mol. The Morgan fingerprint density at radius 2 is 2.13 bits per heavy atom. The molecule has 1 fully saturated rings. The van der Waals surface area contributed by atoms with E-state index < -0.39 is 6.03 Å². The summed E-state index contributed by atoms with van der Waals surface area (Å²) in [6, 6.07) is 5.08. The number of ether oxygens (including phenoxy) is 2. The van der Waals surface area contributed by atoms with Crippen molar-refractivity contribution in [2.24, 2.45) is 5.73 Å². The third-order valence-electron chi connectivity index (χ3n) is 4.05. The van der Waals surface area contributed by atoms with Crippen molar-refractivity contribution in [1.29, 1.82) is 0 Å². The Balaban J connectivity index is 2.09. The second kappa shape index (κ2) is 7.82.